The molecule has 0 bridgehead atoms. The number of rotatable bonds is 7. The molecule has 144 valence electrons. The van der Waals surface area contributed by atoms with E-state index in [1.807, 2.05) is 24.3 Å². The minimum Gasteiger partial charge on any atom is -0.497 e. The quantitative estimate of drug-likeness (QED) is 0.665. The van der Waals surface area contributed by atoms with Crippen LogP contribution in [0.15, 0.2) is 65.7 Å². The number of nitrogens with one attached hydrogen (secondary N) is 1. The van der Waals surface area contributed by atoms with Crippen LogP contribution >= 0.6 is 11.6 Å². The Kier molecular flexibility index (Phi) is 6.45. The van der Waals surface area contributed by atoms with Gasteiger partial charge in [-0.3, -0.25) is 14.2 Å². The second kappa shape index (κ2) is 9.19. The van der Waals surface area contributed by atoms with E-state index in [-0.39, 0.29) is 18.0 Å². The summed E-state index contributed by atoms with van der Waals surface area (Å²) < 4.78 is 6.46. The molecular formula is C21H20ClN3O3. The number of carbonyl (C=O) groups excluding carboxylic acids is 1. The molecule has 0 saturated heterocycles. The Bertz CT molecular complexity index is 1020. The highest BCUT2D eigenvalue weighted by Crippen LogP contribution is 2.18. The standard InChI is InChI=1S/C21H20ClN3O3/c1-28-18-4-2-3-15(11-18)9-10-23-20(26)13-25-14-24-19(12-21(25)27)16-5-7-17(22)8-6-16/h2-8,11-12,14H,9-10,13H2,1H3,(H,23,26). The van der Waals surface area contributed by atoms with Gasteiger partial charge in [0.2, 0.25) is 5.91 Å². The topological polar surface area (TPSA) is 73.2 Å². The number of methoxy groups -OCH3 is 1. The van der Waals surface area contributed by atoms with Crippen molar-refractivity contribution >= 4 is 17.5 Å². The zero-order chi connectivity index (χ0) is 19.9. The lowest BCUT2D eigenvalue weighted by molar-refractivity contribution is -0.121. The normalized spacial score (nSPS) is 10.5. The lowest BCUT2D eigenvalue weighted by Crippen LogP contribution is -2.33. The van der Waals surface area contributed by atoms with Crippen molar-refractivity contribution in [3.05, 3.63) is 81.9 Å². The molecule has 3 rings (SSSR count). The predicted octanol–water partition coefficient (Wildman–Crippen LogP) is 2.93. The third kappa shape index (κ3) is 5.20. The molecule has 0 radical (unpaired) electrons. The van der Waals surface area contributed by atoms with Crippen LogP contribution in [0.5, 0.6) is 5.75 Å². The smallest absolute Gasteiger partial charge is 0.254 e. The van der Waals surface area contributed by atoms with Crippen LogP contribution in [-0.2, 0) is 17.8 Å². The fraction of sp³-hybridized carbons (Fsp3) is 0.190. The van der Waals surface area contributed by atoms with Crippen LogP contribution in [-0.4, -0.2) is 29.1 Å². The van der Waals surface area contributed by atoms with Crippen molar-refractivity contribution in [2.45, 2.75) is 13.0 Å². The summed E-state index contributed by atoms with van der Waals surface area (Å²) in [5.41, 5.74) is 2.10. The van der Waals surface area contributed by atoms with Gasteiger partial charge in [0.05, 0.1) is 19.1 Å². The van der Waals surface area contributed by atoms with Gasteiger partial charge in [-0.1, -0.05) is 35.9 Å². The second-order valence-electron chi connectivity index (χ2n) is 6.20. The van der Waals surface area contributed by atoms with Crippen LogP contribution in [0, 0.1) is 0 Å². The summed E-state index contributed by atoms with van der Waals surface area (Å²) >= 11 is 5.87. The van der Waals surface area contributed by atoms with Gasteiger partial charge in [-0.25, -0.2) is 4.98 Å². The highest BCUT2D eigenvalue weighted by atomic mass is 35.5. The number of hydrogen-bond donors (Lipinski definition) is 1. The summed E-state index contributed by atoms with van der Waals surface area (Å²) in [5, 5.41) is 3.43. The molecule has 0 atom stereocenters. The Morgan fingerprint density at radius 1 is 1.18 bits per heavy atom. The van der Waals surface area contributed by atoms with Gasteiger partial charge in [-0.15, -0.1) is 0 Å². The molecule has 0 spiro atoms. The fourth-order valence-corrected chi connectivity index (χ4v) is 2.83. The molecule has 1 amide bonds. The van der Waals surface area contributed by atoms with E-state index < -0.39 is 0 Å². The largest absolute Gasteiger partial charge is 0.497 e. The van der Waals surface area contributed by atoms with E-state index in [9.17, 15) is 9.59 Å². The molecule has 1 heterocycles. The monoisotopic (exact) mass is 397 g/mol. The molecule has 2 aromatic carbocycles. The number of carbonyl (C=O) groups is 1. The first kappa shape index (κ1) is 19.6. The lowest BCUT2D eigenvalue weighted by Gasteiger charge is -2.09. The molecule has 0 aliphatic rings. The summed E-state index contributed by atoms with van der Waals surface area (Å²) in [4.78, 5) is 28.7. The van der Waals surface area contributed by atoms with Crippen molar-refractivity contribution in [3.8, 4) is 17.0 Å². The number of benzene rings is 2. The van der Waals surface area contributed by atoms with E-state index in [1.165, 1.54) is 17.0 Å². The maximum Gasteiger partial charge on any atom is 0.254 e. The van der Waals surface area contributed by atoms with E-state index in [0.29, 0.717) is 23.7 Å². The molecule has 1 aromatic heterocycles. The summed E-state index contributed by atoms with van der Waals surface area (Å²) in [6, 6.07) is 16.1. The Hall–Kier alpha value is -3.12. The highest BCUT2D eigenvalue weighted by Gasteiger charge is 2.07. The minimum atomic E-state index is -0.289. The Morgan fingerprint density at radius 3 is 2.68 bits per heavy atom. The van der Waals surface area contributed by atoms with Crippen LogP contribution in [0.25, 0.3) is 11.3 Å². The van der Waals surface area contributed by atoms with Crippen molar-refractivity contribution in [3.63, 3.8) is 0 Å². The summed E-state index contributed by atoms with van der Waals surface area (Å²) in [7, 11) is 1.62. The summed E-state index contributed by atoms with van der Waals surface area (Å²) in [6.07, 6.45) is 2.06. The maximum atomic E-state index is 12.3. The van der Waals surface area contributed by atoms with Crippen LogP contribution in [0.4, 0.5) is 0 Å². The molecule has 3 aromatic rings. The van der Waals surface area contributed by atoms with Crippen LogP contribution in [0.2, 0.25) is 5.02 Å². The lowest BCUT2D eigenvalue weighted by atomic mass is 10.1. The zero-order valence-corrected chi connectivity index (χ0v) is 16.1. The average molecular weight is 398 g/mol. The number of hydrogen-bond acceptors (Lipinski definition) is 4. The third-order valence-corrected chi connectivity index (χ3v) is 4.46. The van der Waals surface area contributed by atoms with Crippen LogP contribution in [0.3, 0.4) is 0 Å². The second-order valence-corrected chi connectivity index (χ2v) is 6.64. The van der Waals surface area contributed by atoms with Gasteiger partial charge >= 0.3 is 0 Å². The third-order valence-electron chi connectivity index (χ3n) is 4.20. The first-order valence-corrected chi connectivity index (χ1v) is 9.15. The Labute approximate surface area is 167 Å². The molecule has 0 unspecified atom stereocenters. The first-order valence-electron chi connectivity index (χ1n) is 8.77. The Morgan fingerprint density at radius 2 is 1.96 bits per heavy atom. The van der Waals surface area contributed by atoms with Gasteiger partial charge in [0.25, 0.3) is 5.56 Å². The van der Waals surface area contributed by atoms with Gasteiger partial charge in [-0.05, 0) is 36.2 Å². The molecule has 0 fully saturated rings. The number of halogens is 1. The SMILES string of the molecule is COc1cccc(CCNC(=O)Cn2cnc(-c3ccc(Cl)cc3)cc2=O)c1. The highest BCUT2D eigenvalue weighted by molar-refractivity contribution is 6.30. The first-order chi connectivity index (χ1) is 13.5. The fourth-order valence-electron chi connectivity index (χ4n) is 2.71. The molecule has 0 aliphatic carbocycles. The minimum absolute atomic E-state index is 0.0785. The molecule has 1 N–H and O–H groups in total. The van der Waals surface area contributed by atoms with Crippen molar-refractivity contribution in [2.24, 2.45) is 0 Å². The van der Waals surface area contributed by atoms with Crippen molar-refractivity contribution < 1.29 is 9.53 Å². The average Bonchev–Trinajstić information content (AvgIpc) is 2.70. The molecular weight excluding hydrogens is 378 g/mol. The maximum absolute atomic E-state index is 12.3. The van der Waals surface area contributed by atoms with Crippen molar-refractivity contribution in [2.75, 3.05) is 13.7 Å². The van der Waals surface area contributed by atoms with Gasteiger partial charge in [0.1, 0.15) is 12.3 Å². The number of ether oxygens (including phenoxy) is 1. The van der Waals surface area contributed by atoms with E-state index in [4.69, 9.17) is 16.3 Å². The Balaban J connectivity index is 1.56. The molecule has 0 saturated carbocycles. The molecule has 6 nitrogen and oxygen atoms in total. The van der Waals surface area contributed by atoms with E-state index >= 15 is 0 Å². The molecule has 0 aliphatic heterocycles. The van der Waals surface area contributed by atoms with E-state index in [0.717, 1.165) is 16.9 Å². The zero-order valence-electron chi connectivity index (χ0n) is 15.4. The van der Waals surface area contributed by atoms with Gasteiger partial charge in [-0.2, -0.15) is 0 Å². The van der Waals surface area contributed by atoms with E-state index in [2.05, 4.69) is 10.3 Å². The van der Waals surface area contributed by atoms with Crippen molar-refractivity contribution in [1.29, 1.82) is 0 Å². The van der Waals surface area contributed by atoms with Crippen LogP contribution in [0.1, 0.15) is 5.56 Å². The number of amides is 1. The van der Waals surface area contributed by atoms with Gasteiger partial charge in [0, 0.05) is 23.2 Å². The molecule has 28 heavy (non-hydrogen) atoms. The molecule has 7 heteroatoms. The summed E-state index contributed by atoms with van der Waals surface area (Å²) in [6.45, 7) is 0.391. The number of nitrogens with zero attached hydrogens (tertiary/aromatic N) is 2. The summed E-state index contributed by atoms with van der Waals surface area (Å²) in [5.74, 6) is 0.535. The van der Waals surface area contributed by atoms with E-state index in [1.54, 1.807) is 31.4 Å². The van der Waals surface area contributed by atoms with Gasteiger partial charge in [0.15, 0.2) is 0 Å². The number of aromatic nitrogens is 2. The van der Waals surface area contributed by atoms with Gasteiger partial charge < -0.3 is 10.1 Å². The van der Waals surface area contributed by atoms with Crippen molar-refractivity contribution in [1.82, 2.24) is 14.9 Å². The predicted molar refractivity (Wildman–Crippen MR) is 109 cm³/mol. The van der Waals surface area contributed by atoms with Crippen LogP contribution < -0.4 is 15.6 Å².